The third kappa shape index (κ3) is 3.10. The third-order valence-electron chi connectivity index (χ3n) is 1.93. The SMILES string of the molecule is CC(=O)N1C/C=C(C)\C(Br)=C/C/C=N\1. The Morgan fingerprint density at radius 1 is 1.57 bits per heavy atom. The molecule has 3 nitrogen and oxygen atoms in total. The van der Waals surface area contributed by atoms with Crippen molar-refractivity contribution in [3.63, 3.8) is 0 Å². The Hall–Kier alpha value is -0.900. The van der Waals surface area contributed by atoms with Crippen LogP contribution in [0.2, 0.25) is 0 Å². The maximum absolute atomic E-state index is 11.1. The summed E-state index contributed by atoms with van der Waals surface area (Å²) in [4.78, 5) is 11.1. The van der Waals surface area contributed by atoms with E-state index in [1.54, 1.807) is 6.21 Å². The molecule has 4 heteroatoms. The molecule has 0 atom stereocenters. The van der Waals surface area contributed by atoms with Crippen LogP contribution in [0.1, 0.15) is 20.3 Å². The Kier molecular flexibility index (Phi) is 4.07. The van der Waals surface area contributed by atoms with Crippen molar-refractivity contribution in [3.8, 4) is 0 Å². The van der Waals surface area contributed by atoms with Crippen LogP contribution in [0.5, 0.6) is 0 Å². The van der Waals surface area contributed by atoms with E-state index in [2.05, 4.69) is 21.0 Å². The van der Waals surface area contributed by atoms with E-state index in [4.69, 9.17) is 0 Å². The van der Waals surface area contributed by atoms with E-state index in [-0.39, 0.29) is 5.91 Å². The van der Waals surface area contributed by atoms with Crippen molar-refractivity contribution in [2.75, 3.05) is 6.54 Å². The van der Waals surface area contributed by atoms with Crippen LogP contribution in [0, 0.1) is 0 Å². The number of rotatable bonds is 0. The molecule has 76 valence electrons. The van der Waals surface area contributed by atoms with E-state index >= 15 is 0 Å². The molecular weight excluding hydrogens is 244 g/mol. The lowest BCUT2D eigenvalue weighted by atomic mass is 10.2. The second-order valence-corrected chi connectivity index (χ2v) is 3.93. The number of hydrazone groups is 1. The molecule has 0 aliphatic carbocycles. The molecule has 1 rings (SSSR count). The zero-order chi connectivity index (χ0) is 10.6. The van der Waals surface area contributed by atoms with Gasteiger partial charge >= 0.3 is 0 Å². The maximum atomic E-state index is 11.1. The first kappa shape index (κ1) is 11.2. The Bertz CT molecular complexity index is 318. The lowest BCUT2D eigenvalue weighted by molar-refractivity contribution is -0.128. The molecule has 0 bridgehead atoms. The van der Waals surface area contributed by atoms with Gasteiger partial charge in [0.2, 0.25) is 5.91 Å². The number of hydrogen-bond donors (Lipinski definition) is 0. The molecule has 1 amide bonds. The van der Waals surface area contributed by atoms with Gasteiger partial charge in [-0.15, -0.1) is 0 Å². The normalized spacial score (nSPS) is 27.5. The largest absolute Gasteiger partial charge is 0.273 e. The monoisotopic (exact) mass is 256 g/mol. The predicted octanol–water partition coefficient (Wildman–Crippen LogP) is 2.45. The van der Waals surface area contributed by atoms with Gasteiger partial charge < -0.3 is 0 Å². The van der Waals surface area contributed by atoms with Crippen LogP contribution in [0.15, 0.2) is 27.3 Å². The molecule has 1 aliphatic rings. The molecular formula is C10H13BrN2O. The molecule has 0 saturated carbocycles. The van der Waals surface area contributed by atoms with Crippen molar-refractivity contribution in [1.82, 2.24) is 5.01 Å². The topological polar surface area (TPSA) is 32.7 Å². The maximum Gasteiger partial charge on any atom is 0.239 e. The predicted molar refractivity (Wildman–Crippen MR) is 61.3 cm³/mol. The number of carbonyl (C=O) groups excluding carboxylic acids is 1. The molecule has 0 saturated heterocycles. The Labute approximate surface area is 92.3 Å². The van der Waals surface area contributed by atoms with E-state index in [1.807, 2.05) is 19.1 Å². The van der Waals surface area contributed by atoms with Gasteiger partial charge in [-0.25, -0.2) is 5.01 Å². The van der Waals surface area contributed by atoms with E-state index in [9.17, 15) is 4.79 Å². The third-order valence-corrected chi connectivity index (χ3v) is 2.88. The second kappa shape index (κ2) is 5.10. The minimum absolute atomic E-state index is 0.0386. The molecule has 0 spiro atoms. The first-order chi connectivity index (χ1) is 6.61. The van der Waals surface area contributed by atoms with Crippen molar-refractivity contribution in [1.29, 1.82) is 0 Å². The summed E-state index contributed by atoms with van der Waals surface area (Å²) in [5.74, 6) is -0.0386. The van der Waals surface area contributed by atoms with Gasteiger partial charge in [0.05, 0.1) is 6.54 Å². The Morgan fingerprint density at radius 2 is 2.29 bits per heavy atom. The van der Waals surface area contributed by atoms with Gasteiger partial charge in [-0.2, -0.15) is 5.10 Å². The summed E-state index contributed by atoms with van der Waals surface area (Å²) in [5, 5.41) is 5.51. The van der Waals surface area contributed by atoms with Crippen molar-refractivity contribution in [3.05, 3.63) is 22.2 Å². The van der Waals surface area contributed by atoms with Gasteiger partial charge in [0, 0.05) is 24.0 Å². The van der Waals surface area contributed by atoms with Gasteiger partial charge in [0.1, 0.15) is 0 Å². The minimum Gasteiger partial charge on any atom is -0.273 e. The zero-order valence-corrected chi connectivity index (χ0v) is 9.91. The van der Waals surface area contributed by atoms with Crippen LogP contribution in [0.25, 0.3) is 0 Å². The fourth-order valence-corrected chi connectivity index (χ4v) is 1.39. The summed E-state index contributed by atoms with van der Waals surface area (Å²) in [6, 6.07) is 0. The fourth-order valence-electron chi connectivity index (χ4n) is 1.04. The smallest absolute Gasteiger partial charge is 0.239 e. The summed E-state index contributed by atoms with van der Waals surface area (Å²) >= 11 is 3.46. The van der Waals surface area contributed by atoms with Gasteiger partial charge in [-0.3, -0.25) is 4.79 Å². The minimum atomic E-state index is -0.0386. The van der Waals surface area contributed by atoms with Crippen molar-refractivity contribution < 1.29 is 4.79 Å². The van der Waals surface area contributed by atoms with Crippen LogP contribution >= 0.6 is 15.9 Å². The fraction of sp³-hybridized carbons (Fsp3) is 0.400. The summed E-state index contributed by atoms with van der Waals surface area (Å²) in [7, 11) is 0. The molecule has 0 aromatic rings. The quantitative estimate of drug-likeness (QED) is 0.656. The van der Waals surface area contributed by atoms with Gasteiger partial charge in [-0.05, 0) is 12.5 Å². The molecule has 0 fully saturated rings. The van der Waals surface area contributed by atoms with E-state index < -0.39 is 0 Å². The Morgan fingerprint density at radius 3 is 2.93 bits per heavy atom. The number of nitrogens with zero attached hydrogens (tertiary/aromatic N) is 2. The Balaban J connectivity index is 2.84. The standard InChI is InChI=1S/C10H13BrN2O/c1-8-5-7-13(9(2)14)12-6-3-4-10(8)11/h4-6H,3,7H2,1-2H3/b8-5-,10-4+,12-6-. The van der Waals surface area contributed by atoms with Crippen molar-refractivity contribution in [2.24, 2.45) is 5.10 Å². The number of allylic oxidation sites excluding steroid dienone is 3. The summed E-state index contributed by atoms with van der Waals surface area (Å²) in [5.41, 5.74) is 1.13. The molecule has 0 radical (unpaired) electrons. The highest BCUT2D eigenvalue weighted by Crippen LogP contribution is 2.17. The second-order valence-electron chi connectivity index (χ2n) is 3.07. The van der Waals surface area contributed by atoms with Crippen molar-refractivity contribution in [2.45, 2.75) is 20.3 Å². The highest BCUT2D eigenvalue weighted by atomic mass is 79.9. The summed E-state index contributed by atoms with van der Waals surface area (Å²) in [6.45, 7) is 4.05. The van der Waals surface area contributed by atoms with E-state index in [0.29, 0.717) is 6.54 Å². The van der Waals surface area contributed by atoms with Crippen molar-refractivity contribution >= 4 is 28.1 Å². The summed E-state index contributed by atoms with van der Waals surface area (Å²) < 4.78 is 1.06. The zero-order valence-electron chi connectivity index (χ0n) is 8.33. The first-order valence-corrected chi connectivity index (χ1v) is 5.24. The van der Waals surface area contributed by atoms with Crippen LogP contribution in [-0.2, 0) is 4.79 Å². The first-order valence-electron chi connectivity index (χ1n) is 4.44. The van der Waals surface area contributed by atoms with Crippen LogP contribution in [0.4, 0.5) is 0 Å². The number of carbonyl (C=O) groups is 1. The lowest BCUT2D eigenvalue weighted by Crippen LogP contribution is -2.23. The molecule has 14 heavy (non-hydrogen) atoms. The lowest BCUT2D eigenvalue weighted by Gasteiger charge is -2.11. The van der Waals surface area contributed by atoms with Gasteiger partial charge in [0.25, 0.3) is 0 Å². The number of halogens is 1. The molecule has 0 aromatic carbocycles. The average Bonchev–Trinajstić information content (AvgIpc) is 2.20. The van der Waals surface area contributed by atoms with Crippen LogP contribution in [-0.4, -0.2) is 23.7 Å². The van der Waals surface area contributed by atoms with E-state index in [1.165, 1.54) is 11.9 Å². The number of hydrogen-bond acceptors (Lipinski definition) is 2. The molecule has 0 unspecified atom stereocenters. The molecule has 1 heterocycles. The molecule has 0 N–H and O–H groups in total. The van der Waals surface area contributed by atoms with Gasteiger partial charge in [0.15, 0.2) is 0 Å². The van der Waals surface area contributed by atoms with Crippen LogP contribution in [0.3, 0.4) is 0 Å². The number of amides is 1. The van der Waals surface area contributed by atoms with Crippen LogP contribution < -0.4 is 0 Å². The molecule has 0 aromatic heterocycles. The van der Waals surface area contributed by atoms with Gasteiger partial charge in [-0.1, -0.05) is 28.1 Å². The highest BCUT2D eigenvalue weighted by molar-refractivity contribution is 9.12. The summed E-state index contributed by atoms with van der Waals surface area (Å²) in [6.07, 6.45) is 6.47. The highest BCUT2D eigenvalue weighted by Gasteiger charge is 2.05. The van der Waals surface area contributed by atoms with E-state index in [0.717, 1.165) is 16.5 Å². The molecule has 1 aliphatic heterocycles. The average molecular weight is 257 g/mol.